The van der Waals surface area contributed by atoms with Crippen molar-refractivity contribution in [2.75, 3.05) is 18.9 Å². The van der Waals surface area contributed by atoms with E-state index in [1.807, 2.05) is 30.3 Å². The highest BCUT2D eigenvalue weighted by Crippen LogP contribution is 2.25. The van der Waals surface area contributed by atoms with Crippen molar-refractivity contribution < 1.29 is 39.5 Å². The van der Waals surface area contributed by atoms with Gasteiger partial charge >= 0.3 is 11.9 Å². The van der Waals surface area contributed by atoms with Crippen LogP contribution in [-0.2, 0) is 25.6 Å². The van der Waals surface area contributed by atoms with Gasteiger partial charge in [-0.15, -0.1) is 0 Å². The van der Waals surface area contributed by atoms with Crippen molar-refractivity contribution in [3.05, 3.63) is 65.5 Å². The van der Waals surface area contributed by atoms with Gasteiger partial charge in [-0.3, -0.25) is 9.25 Å². The highest BCUT2D eigenvalue weighted by molar-refractivity contribution is 6.28. The summed E-state index contributed by atoms with van der Waals surface area (Å²) in [6, 6.07) is 11.2. The summed E-state index contributed by atoms with van der Waals surface area (Å²) >= 11 is 5.97. The average molecular weight is 586 g/mol. The number of carbonyl (C=O) groups is 2. The van der Waals surface area contributed by atoms with Gasteiger partial charge in [0.25, 0.3) is 6.10 Å². The number of nitrogens with two attached hydrogens (primary N) is 1. The fraction of sp³-hybridized carbons (Fsp3) is 0.280. The number of aliphatic hydroxyl groups is 2. The van der Waals surface area contributed by atoms with Gasteiger partial charge in [0.2, 0.25) is 5.28 Å². The number of nitrogen functional groups attached to an aromatic ring is 1. The van der Waals surface area contributed by atoms with Crippen molar-refractivity contribution in [2.45, 2.75) is 31.1 Å². The molecule has 4 aromatic rings. The Kier molecular flexibility index (Phi) is 9.45. The number of aliphatic hydroxyl groups excluding tert-OH is 2. The third-order valence-corrected chi connectivity index (χ3v) is 5.81. The van der Waals surface area contributed by atoms with Crippen LogP contribution in [0.15, 0.2) is 48.9 Å². The number of ether oxygens (including phenoxy) is 2. The average Bonchev–Trinajstić information content (AvgIpc) is 3.56. The number of aromatic nitrogens is 6. The fourth-order valence-electron chi connectivity index (χ4n) is 3.71. The largest absolute Gasteiger partial charge is 0.479 e. The lowest BCUT2D eigenvalue weighted by molar-refractivity contribution is -0.175. The zero-order chi connectivity index (χ0) is 29.5. The Morgan fingerprint density at radius 3 is 2.54 bits per heavy atom. The van der Waals surface area contributed by atoms with Gasteiger partial charge in [-0.25, -0.2) is 14.6 Å². The molecule has 0 aliphatic rings. The number of fused-ring (bicyclic) bond motifs is 1. The topological polar surface area (TPSA) is 221 Å². The van der Waals surface area contributed by atoms with Gasteiger partial charge in [0, 0.05) is 0 Å². The minimum absolute atomic E-state index is 0.0457. The molecule has 6 N–H and O–H groups in total. The standard InChI is InChI=1S/C25H24ClN7O8/c26-25-30-20(27)18-21(31-25)32(13-28-18)22(41-16(11-34)12-40-19(23(36)37)24(38)39)17(35)7-6-15-8-9-29-33(15)10-14-4-2-1-3-5-14/h1-5,8-9,13,16-17,19,22,34-35H,10-12H2,(H,36,37)(H,38,39)(H2,27,30,31)/t16-,17+,22+/m0/s1. The Hall–Kier alpha value is -4.59. The minimum Gasteiger partial charge on any atom is -0.479 e. The van der Waals surface area contributed by atoms with E-state index in [2.05, 4.69) is 31.9 Å². The number of hydrogen-bond acceptors (Lipinski definition) is 11. The van der Waals surface area contributed by atoms with E-state index in [4.69, 9.17) is 37.0 Å². The first-order valence-electron chi connectivity index (χ1n) is 11.9. The molecule has 0 unspecified atom stereocenters. The molecule has 0 aliphatic carbocycles. The summed E-state index contributed by atoms with van der Waals surface area (Å²) < 4.78 is 13.6. The second-order valence-corrected chi connectivity index (χ2v) is 8.83. The maximum Gasteiger partial charge on any atom is 0.344 e. The second-order valence-electron chi connectivity index (χ2n) is 8.50. The maximum absolute atomic E-state index is 11.2. The maximum atomic E-state index is 11.2. The molecule has 3 heterocycles. The summed E-state index contributed by atoms with van der Waals surface area (Å²) in [6.07, 6.45) is -3.77. The molecule has 16 heteroatoms. The Morgan fingerprint density at radius 1 is 1.12 bits per heavy atom. The number of nitrogens with zero attached hydrogens (tertiary/aromatic N) is 6. The quantitative estimate of drug-likeness (QED) is 0.0849. The summed E-state index contributed by atoms with van der Waals surface area (Å²) in [4.78, 5) is 34.4. The van der Waals surface area contributed by atoms with Crippen LogP contribution in [0.25, 0.3) is 11.2 Å². The van der Waals surface area contributed by atoms with E-state index < -0.39 is 49.7 Å². The highest BCUT2D eigenvalue weighted by atomic mass is 35.5. The Bertz CT molecular complexity index is 1570. The summed E-state index contributed by atoms with van der Waals surface area (Å²) in [6.45, 7) is -0.977. The van der Waals surface area contributed by atoms with Crippen molar-refractivity contribution >= 4 is 40.5 Å². The van der Waals surface area contributed by atoms with Crippen LogP contribution in [0.5, 0.6) is 0 Å². The molecule has 0 saturated heterocycles. The lowest BCUT2D eigenvalue weighted by Gasteiger charge is -2.26. The number of hydrogen-bond donors (Lipinski definition) is 5. The number of anilines is 1. The molecule has 0 saturated carbocycles. The van der Waals surface area contributed by atoms with Crippen molar-refractivity contribution in [3.8, 4) is 11.8 Å². The number of carboxylic acids is 2. The third-order valence-electron chi connectivity index (χ3n) is 5.64. The lowest BCUT2D eigenvalue weighted by Crippen LogP contribution is -2.38. The molecular formula is C25H24ClN7O8. The van der Waals surface area contributed by atoms with Gasteiger partial charge in [-0.05, 0) is 29.2 Å². The molecule has 0 amide bonds. The van der Waals surface area contributed by atoms with Gasteiger partial charge in [-0.1, -0.05) is 36.3 Å². The van der Waals surface area contributed by atoms with E-state index >= 15 is 0 Å². The van der Waals surface area contributed by atoms with Crippen LogP contribution < -0.4 is 5.73 Å². The Balaban J connectivity index is 1.64. The van der Waals surface area contributed by atoms with E-state index in [1.54, 1.807) is 16.9 Å². The van der Waals surface area contributed by atoms with Crippen LogP contribution in [0.2, 0.25) is 5.28 Å². The molecule has 41 heavy (non-hydrogen) atoms. The number of rotatable bonds is 12. The molecule has 15 nitrogen and oxygen atoms in total. The first kappa shape index (κ1) is 29.4. The van der Waals surface area contributed by atoms with Crippen molar-refractivity contribution in [2.24, 2.45) is 0 Å². The summed E-state index contributed by atoms with van der Waals surface area (Å²) in [7, 11) is 0. The highest BCUT2D eigenvalue weighted by Gasteiger charge is 2.31. The summed E-state index contributed by atoms with van der Waals surface area (Å²) in [5.41, 5.74) is 7.55. The number of benzene rings is 1. The van der Waals surface area contributed by atoms with Crippen molar-refractivity contribution in [1.82, 2.24) is 29.3 Å². The normalized spacial score (nSPS) is 13.5. The number of halogens is 1. The monoisotopic (exact) mass is 585 g/mol. The first-order valence-corrected chi connectivity index (χ1v) is 12.3. The van der Waals surface area contributed by atoms with Crippen LogP contribution in [-0.4, -0.2) is 93.2 Å². The van der Waals surface area contributed by atoms with Gasteiger partial charge in [0.05, 0.1) is 32.3 Å². The van der Waals surface area contributed by atoms with Crippen LogP contribution in [0.3, 0.4) is 0 Å². The van der Waals surface area contributed by atoms with E-state index in [1.165, 1.54) is 10.9 Å². The zero-order valence-corrected chi connectivity index (χ0v) is 21.9. The summed E-state index contributed by atoms with van der Waals surface area (Å²) in [5, 5.41) is 43.2. The van der Waals surface area contributed by atoms with Gasteiger partial charge in [0.15, 0.2) is 23.8 Å². The second kappa shape index (κ2) is 13.2. The smallest absolute Gasteiger partial charge is 0.344 e. The molecule has 214 valence electrons. The Morgan fingerprint density at radius 2 is 1.85 bits per heavy atom. The van der Waals surface area contributed by atoms with E-state index in [0.29, 0.717) is 12.2 Å². The lowest BCUT2D eigenvalue weighted by atomic mass is 10.2. The first-order chi connectivity index (χ1) is 19.7. The van der Waals surface area contributed by atoms with Gasteiger partial charge in [-0.2, -0.15) is 15.1 Å². The van der Waals surface area contributed by atoms with Gasteiger partial charge < -0.3 is 35.6 Å². The van der Waals surface area contributed by atoms with Crippen molar-refractivity contribution in [1.29, 1.82) is 0 Å². The molecule has 0 bridgehead atoms. The zero-order valence-electron chi connectivity index (χ0n) is 21.1. The van der Waals surface area contributed by atoms with Crippen molar-refractivity contribution in [3.63, 3.8) is 0 Å². The molecule has 3 atom stereocenters. The molecule has 0 radical (unpaired) electrons. The molecule has 0 aliphatic heterocycles. The molecule has 0 spiro atoms. The molecule has 0 fully saturated rings. The van der Waals surface area contributed by atoms with Gasteiger partial charge in [0.1, 0.15) is 17.3 Å². The molecule has 4 rings (SSSR count). The predicted octanol–water partition coefficient (Wildman–Crippen LogP) is 0.150. The number of aliphatic carboxylic acids is 2. The van der Waals surface area contributed by atoms with Crippen LogP contribution in [0, 0.1) is 11.8 Å². The molecule has 1 aromatic carbocycles. The van der Waals surface area contributed by atoms with Crippen LogP contribution in [0.4, 0.5) is 5.82 Å². The minimum atomic E-state index is -2.21. The van der Waals surface area contributed by atoms with Crippen LogP contribution >= 0.6 is 11.6 Å². The predicted molar refractivity (Wildman–Crippen MR) is 141 cm³/mol. The molecular weight excluding hydrogens is 562 g/mol. The number of carboxylic acid groups (broad SMARTS) is 2. The third kappa shape index (κ3) is 7.14. The molecule has 3 aromatic heterocycles. The summed E-state index contributed by atoms with van der Waals surface area (Å²) in [5.74, 6) is 1.99. The SMILES string of the molecule is Nc1nc(Cl)nc2c1ncn2[C@H](O[C@@H](CO)COC(C(=O)O)C(=O)O)[C@H](O)C#Cc1ccnn1Cc1ccccc1. The van der Waals surface area contributed by atoms with Crippen LogP contribution in [0.1, 0.15) is 17.5 Å². The van der Waals surface area contributed by atoms with E-state index in [9.17, 15) is 19.8 Å². The van der Waals surface area contributed by atoms with E-state index in [-0.39, 0.29) is 22.3 Å². The number of imidazole rings is 1. The fourth-order valence-corrected chi connectivity index (χ4v) is 3.88. The Labute approximate surface area is 236 Å². The van der Waals surface area contributed by atoms with E-state index in [0.717, 1.165) is 5.56 Å².